The predicted octanol–water partition coefficient (Wildman–Crippen LogP) is 3.49. The van der Waals surface area contributed by atoms with Crippen molar-refractivity contribution in [3.63, 3.8) is 0 Å². The summed E-state index contributed by atoms with van der Waals surface area (Å²) in [4.78, 5) is 34.3. The maximum absolute atomic E-state index is 12.9. The Balaban J connectivity index is 1.18. The summed E-state index contributed by atoms with van der Waals surface area (Å²) in [6.07, 6.45) is 0.643. The normalized spacial score (nSPS) is 34.9. The van der Waals surface area contributed by atoms with Gasteiger partial charge in [-0.3, -0.25) is 4.79 Å². The number of carbonyl (C=O) groups excluding carboxylic acids is 2. The molecule has 6 rings (SSSR count). The van der Waals surface area contributed by atoms with E-state index in [1.807, 2.05) is 0 Å². The van der Waals surface area contributed by atoms with E-state index in [0.29, 0.717) is 38.3 Å². The second-order valence-electron chi connectivity index (χ2n) is 9.93. The SMILES string of the molecule is COC(=O)C12CC3CC(C1)C(OC(=O)N1CC[C@@H](Nc4nccc(C(F)(F)F)n4)C1)C(C3)C2. The summed E-state index contributed by atoms with van der Waals surface area (Å²) in [6, 6.07) is 0.556. The molecule has 180 valence electrons. The van der Waals surface area contributed by atoms with Crippen molar-refractivity contribution in [2.75, 3.05) is 25.5 Å². The van der Waals surface area contributed by atoms with Crippen LogP contribution in [0.4, 0.5) is 23.9 Å². The van der Waals surface area contributed by atoms with Gasteiger partial charge in [-0.15, -0.1) is 0 Å². The zero-order valence-electron chi connectivity index (χ0n) is 18.3. The first-order chi connectivity index (χ1) is 15.7. The van der Waals surface area contributed by atoms with Crippen LogP contribution >= 0.6 is 0 Å². The summed E-state index contributed by atoms with van der Waals surface area (Å²) in [5, 5.41) is 2.89. The van der Waals surface area contributed by atoms with Crippen molar-refractivity contribution in [3.05, 3.63) is 18.0 Å². The largest absolute Gasteiger partial charge is 0.469 e. The lowest BCUT2D eigenvalue weighted by Crippen LogP contribution is -2.58. The number of carbonyl (C=O) groups is 2. The molecule has 1 aliphatic heterocycles. The quantitative estimate of drug-likeness (QED) is 0.676. The van der Waals surface area contributed by atoms with Crippen molar-refractivity contribution in [3.8, 4) is 0 Å². The maximum Gasteiger partial charge on any atom is 0.433 e. The first-order valence-electron chi connectivity index (χ1n) is 11.4. The molecule has 1 amide bonds. The fourth-order valence-corrected chi connectivity index (χ4v) is 6.64. The first kappa shape index (κ1) is 22.2. The van der Waals surface area contributed by atoms with Gasteiger partial charge in [-0.1, -0.05) is 0 Å². The third-order valence-electron chi connectivity index (χ3n) is 7.77. The number of anilines is 1. The number of ether oxygens (including phenoxy) is 2. The van der Waals surface area contributed by atoms with Crippen molar-refractivity contribution >= 4 is 18.0 Å². The highest BCUT2D eigenvalue weighted by atomic mass is 19.4. The lowest BCUT2D eigenvalue weighted by molar-refractivity contribution is -0.182. The van der Waals surface area contributed by atoms with Crippen LogP contribution in [0.15, 0.2) is 12.3 Å². The molecule has 1 aromatic rings. The summed E-state index contributed by atoms with van der Waals surface area (Å²) in [5.74, 6) is 0.546. The zero-order valence-corrected chi connectivity index (χ0v) is 18.3. The Hall–Kier alpha value is -2.59. The molecule has 3 atom stereocenters. The minimum absolute atomic E-state index is 0.112. The third-order valence-corrected chi connectivity index (χ3v) is 7.77. The Labute approximate surface area is 189 Å². The van der Waals surface area contributed by atoms with Gasteiger partial charge in [0.15, 0.2) is 0 Å². The van der Waals surface area contributed by atoms with Gasteiger partial charge < -0.3 is 19.7 Å². The minimum Gasteiger partial charge on any atom is -0.469 e. The fourth-order valence-electron chi connectivity index (χ4n) is 6.64. The minimum atomic E-state index is -4.55. The standard InChI is InChI=1S/C22H27F3N4O4/c1-32-18(30)21-8-12-6-13(9-21)17(14(7-12)10-21)33-20(31)29-5-3-15(11-29)27-19-26-4-2-16(28-19)22(23,24)25/h2,4,12-15,17H,3,5-11H2,1H3,(H,26,27,28)/t12?,13?,14?,15-,17?,21?/m1/s1. The lowest BCUT2D eigenvalue weighted by atomic mass is 9.48. The second kappa shape index (κ2) is 8.02. The van der Waals surface area contributed by atoms with E-state index >= 15 is 0 Å². The Morgan fingerprint density at radius 1 is 1.21 bits per heavy atom. The molecule has 4 bridgehead atoms. The number of alkyl halides is 3. The van der Waals surface area contributed by atoms with Gasteiger partial charge in [0.25, 0.3) is 0 Å². The maximum atomic E-state index is 12.9. The molecule has 1 N–H and O–H groups in total. The average molecular weight is 468 g/mol. The number of rotatable bonds is 4. The van der Waals surface area contributed by atoms with Gasteiger partial charge >= 0.3 is 18.2 Å². The number of hydrogen-bond donors (Lipinski definition) is 1. The first-order valence-corrected chi connectivity index (χ1v) is 11.4. The van der Waals surface area contributed by atoms with E-state index < -0.39 is 23.4 Å². The van der Waals surface area contributed by atoms with Crippen LogP contribution in [0.3, 0.4) is 0 Å². The van der Waals surface area contributed by atoms with Crippen LogP contribution in [0.25, 0.3) is 0 Å². The molecule has 11 heteroatoms. The van der Waals surface area contributed by atoms with Crippen molar-refractivity contribution in [2.45, 2.75) is 56.8 Å². The van der Waals surface area contributed by atoms with Crippen LogP contribution in [0.5, 0.6) is 0 Å². The van der Waals surface area contributed by atoms with Gasteiger partial charge in [-0.2, -0.15) is 13.2 Å². The van der Waals surface area contributed by atoms with Crippen molar-refractivity contribution in [2.24, 2.45) is 23.2 Å². The molecule has 4 aliphatic carbocycles. The second-order valence-corrected chi connectivity index (χ2v) is 9.93. The van der Waals surface area contributed by atoms with Crippen LogP contribution in [0.2, 0.25) is 0 Å². The van der Waals surface area contributed by atoms with Crippen LogP contribution < -0.4 is 5.32 Å². The molecule has 0 spiro atoms. The van der Waals surface area contributed by atoms with Gasteiger partial charge in [-0.05, 0) is 62.3 Å². The highest BCUT2D eigenvalue weighted by Crippen LogP contribution is 2.61. The van der Waals surface area contributed by atoms with Gasteiger partial charge in [0.1, 0.15) is 11.8 Å². The molecule has 5 fully saturated rings. The molecule has 5 aliphatic rings. The van der Waals surface area contributed by atoms with Crippen LogP contribution in [0.1, 0.15) is 44.2 Å². The molecule has 0 radical (unpaired) electrons. The van der Waals surface area contributed by atoms with Crippen LogP contribution in [0, 0.1) is 23.2 Å². The summed E-state index contributed by atoms with van der Waals surface area (Å²) in [7, 11) is 1.43. The molecular weight excluding hydrogens is 441 g/mol. The highest BCUT2D eigenvalue weighted by molar-refractivity contribution is 5.77. The molecular formula is C22H27F3N4O4. The molecule has 4 saturated carbocycles. The Bertz CT molecular complexity index is 926. The van der Waals surface area contributed by atoms with Crippen molar-refractivity contribution in [1.29, 1.82) is 0 Å². The molecule has 2 unspecified atom stereocenters. The highest BCUT2D eigenvalue weighted by Gasteiger charge is 2.60. The topological polar surface area (TPSA) is 93.7 Å². The summed E-state index contributed by atoms with van der Waals surface area (Å²) < 4.78 is 49.7. The van der Waals surface area contributed by atoms with Crippen LogP contribution in [-0.4, -0.2) is 59.3 Å². The molecule has 1 saturated heterocycles. The van der Waals surface area contributed by atoms with Crippen LogP contribution in [-0.2, 0) is 20.4 Å². The number of aromatic nitrogens is 2. The van der Waals surface area contributed by atoms with E-state index in [2.05, 4.69) is 15.3 Å². The summed E-state index contributed by atoms with van der Waals surface area (Å²) in [6.45, 7) is 0.738. The summed E-state index contributed by atoms with van der Waals surface area (Å²) in [5.41, 5.74) is -1.44. The monoisotopic (exact) mass is 468 g/mol. The number of methoxy groups -OCH3 is 1. The zero-order chi connectivity index (χ0) is 23.4. The van der Waals surface area contributed by atoms with E-state index in [-0.39, 0.29) is 35.9 Å². The number of hydrogen-bond acceptors (Lipinski definition) is 7. The molecule has 1 aromatic heterocycles. The fraction of sp³-hybridized carbons (Fsp3) is 0.727. The smallest absolute Gasteiger partial charge is 0.433 e. The van der Waals surface area contributed by atoms with Gasteiger partial charge in [0.2, 0.25) is 5.95 Å². The van der Waals surface area contributed by atoms with Gasteiger partial charge in [0, 0.05) is 25.3 Å². The Kier molecular flexibility index (Phi) is 5.40. The van der Waals surface area contributed by atoms with E-state index in [1.54, 1.807) is 4.90 Å². The predicted molar refractivity (Wildman–Crippen MR) is 109 cm³/mol. The Morgan fingerprint density at radius 3 is 2.61 bits per heavy atom. The van der Waals surface area contributed by atoms with E-state index in [0.717, 1.165) is 31.5 Å². The number of halogens is 3. The number of amides is 1. The lowest BCUT2D eigenvalue weighted by Gasteiger charge is -2.57. The van der Waals surface area contributed by atoms with Crippen molar-refractivity contribution in [1.82, 2.24) is 14.9 Å². The summed E-state index contributed by atoms with van der Waals surface area (Å²) >= 11 is 0. The average Bonchev–Trinajstić information content (AvgIpc) is 3.23. The van der Waals surface area contributed by atoms with Gasteiger partial charge in [0.05, 0.1) is 12.5 Å². The van der Waals surface area contributed by atoms with E-state index in [9.17, 15) is 22.8 Å². The molecule has 2 heterocycles. The van der Waals surface area contributed by atoms with E-state index in [1.165, 1.54) is 7.11 Å². The third kappa shape index (κ3) is 4.10. The number of nitrogens with one attached hydrogen (secondary N) is 1. The number of likely N-dealkylation sites (tertiary alicyclic amines) is 1. The number of esters is 1. The number of nitrogens with zero attached hydrogens (tertiary/aromatic N) is 3. The van der Waals surface area contributed by atoms with E-state index in [4.69, 9.17) is 9.47 Å². The Morgan fingerprint density at radius 2 is 1.94 bits per heavy atom. The molecule has 0 aromatic carbocycles. The molecule has 8 nitrogen and oxygen atoms in total. The molecule has 33 heavy (non-hydrogen) atoms. The van der Waals surface area contributed by atoms with Gasteiger partial charge in [-0.25, -0.2) is 14.8 Å². The van der Waals surface area contributed by atoms with Crippen molar-refractivity contribution < 1.29 is 32.2 Å².